The Hall–Kier alpha value is -2.95. The molecule has 15 heteroatoms. The molecule has 3 rings (SSSR count). The second kappa shape index (κ2) is 11.0. The zero-order valence-corrected chi connectivity index (χ0v) is 21.0. The van der Waals surface area contributed by atoms with Gasteiger partial charge in [0.1, 0.15) is 23.7 Å². The van der Waals surface area contributed by atoms with Crippen LogP contribution in [0, 0.1) is 17.8 Å². The van der Waals surface area contributed by atoms with E-state index in [1.165, 1.54) is 6.20 Å². The second-order valence-corrected chi connectivity index (χ2v) is 10.2. The van der Waals surface area contributed by atoms with Crippen molar-refractivity contribution in [2.24, 2.45) is 5.41 Å². The predicted octanol–water partition coefficient (Wildman–Crippen LogP) is 0.680. The van der Waals surface area contributed by atoms with Crippen molar-refractivity contribution in [2.75, 3.05) is 20.3 Å². The van der Waals surface area contributed by atoms with Gasteiger partial charge in [0.25, 0.3) is 5.56 Å². The van der Waals surface area contributed by atoms with Gasteiger partial charge in [0.05, 0.1) is 26.4 Å². The summed E-state index contributed by atoms with van der Waals surface area (Å²) in [6.07, 6.45) is 2.72. The minimum atomic E-state index is -4.19. The second-order valence-electron chi connectivity index (χ2n) is 8.54. The third-order valence-corrected chi connectivity index (χ3v) is 7.02. The van der Waals surface area contributed by atoms with Crippen LogP contribution in [0.5, 0.6) is 0 Å². The van der Waals surface area contributed by atoms with Crippen molar-refractivity contribution in [1.29, 1.82) is 0 Å². The number of rotatable bonds is 8. The molecule has 0 radical (unpaired) electrons. The molecule has 36 heavy (non-hydrogen) atoms. The standard InChI is InChI=1S/C21H28N3O11P/c1-6-21(4)16-14(34-18(21)24-9-7-15(25)23-19(24)27)11-32-36(29,35-16)31-10-8-13(22-20(28)30-5)17(26)33-12(2)3/h1,7,9,12-14,16,18H,8,10-11H2,2-5H3,(H,22,28)(H,23,25,27)/t13-,14+,16+,18+,21+,36-/m0/s1. The van der Waals surface area contributed by atoms with Gasteiger partial charge in [-0.2, -0.15) is 0 Å². The number of ether oxygens (including phenoxy) is 3. The predicted molar refractivity (Wildman–Crippen MR) is 122 cm³/mol. The molecule has 14 nitrogen and oxygen atoms in total. The first kappa shape index (κ1) is 27.6. The van der Waals surface area contributed by atoms with E-state index in [0.717, 1.165) is 17.7 Å². The van der Waals surface area contributed by atoms with Gasteiger partial charge in [0.2, 0.25) is 0 Å². The van der Waals surface area contributed by atoms with E-state index in [9.17, 15) is 23.7 Å². The Kier molecular flexibility index (Phi) is 8.43. The van der Waals surface area contributed by atoms with Gasteiger partial charge in [-0.1, -0.05) is 5.92 Å². The molecule has 2 saturated heterocycles. The van der Waals surface area contributed by atoms with Gasteiger partial charge in [-0.3, -0.25) is 27.9 Å². The van der Waals surface area contributed by atoms with Gasteiger partial charge in [-0.15, -0.1) is 6.42 Å². The average Bonchev–Trinajstić information content (AvgIpc) is 3.09. The number of fused-ring (bicyclic) bond motifs is 1. The maximum Gasteiger partial charge on any atom is 0.475 e. The quantitative estimate of drug-likeness (QED) is 0.275. The van der Waals surface area contributed by atoms with Crippen LogP contribution in [-0.4, -0.2) is 66.3 Å². The largest absolute Gasteiger partial charge is 0.475 e. The zero-order chi connectivity index (χ0) is 26.7. The third kappa shape index (κ3) is 5.88. The first-order valence-electron chi connectivity index (χ1n) is 11.0. The lowest BCUT2D eigenvalue weighted by Gasteiger charge is -2.35. The van der Waals surface area contributed by atoms with Gasteiger partial charge in [0.15, 0.2) is 6.23 Å². The number of H-pyrrole nitrogens is 1. The number of esters is 1. The first-order valence-corrected chi connectivity index (χ1v) is 12.5. The lowest BCUT2D eigenvalue weighted by atomic mass is 9.83. The Labute approximate surface area is 206 Å². The number of carbonyl (C=O) groups is 2. The molecule has 3 heterocycles. The molecule has 2 aliphatic rings. The van der Waals surface area contributed by atoms with E-state index in [2.05, 4.69) is 21.0 Å². The maximum absolute atomic E-state index is 13.2. The Morgan fingerprint density at radius 3 is 2.75 bits per heavy atom. The smallest absolute Gasteiger partial charge is 0.461 e. The highest BCUT2D eigenvalue weighted by Gasteiger charge is 2.60. The summed E-state index contributed by atoms with van der Waals surface area (Å²) >= 11 is 0. The van der Waals surface area contributed by atoms with Crippen molar-refractivity contribution in [2.45, 2.75) is 57.8 Å². The number of alkyl carbamates (subject to hydrolysis) is 1. The van der Waals surface area contributed by atoms with Crippen molar-refractivity contribution in [1.82, 2.24) is 14.9 Å². The molecular weight excluding hydrogens is 501 g/mol. The van der Waals surface area contributed by atoms with Crippen LogP contribution in [0.15, 0.2) is 21.9 Å². The number of nitrogens with zero attached hydrogens (tertiary/aromatic N) is 1. The maximum atomic E-state index is 13.2. The fraction of sp³-hybridized carbons (Fsp3) is 0.619. The molecule has 0 saturated carbocycles. The summed E-state index contributed by atoms with van der Waals surface area (Å²) in [7, 11) is -3.05. The minimum absolute atomic E-state index is 0.135. The van der Waals surface area contributed by atoms with Crippen LogP contribution in [0.4, 0.5) is 4.79 Å². The van der Waals surface area contributed by atoms with E-state index in [1.54, 1.807) is 20.8 Å². The molecule has 198 valence electrons. The van der Waals surface area contributed by atoms with Gasteiger partial charge in [0, 0.05) is 18.7 Å². The monoisotopic (exact) mass is 529 g/mol. The number of phosphoric ester groups is 1. The third-order valence-electron chi connectivity index (χ3n) is 5.57. The number of terminal acetylenes is 1. The van der Waals surface area contributed by atoms with Crippen LogP contribution in [0.3, 0.4) is 0 Å². The van der Waals surface area contributed by atoms with E-state index in [0.29, 0.717) is 0 Å². The highest BCUT2D eigenvalue weighted by Crippen LogP contribution is 2.60. The number of amides is 1. The van der Waals surface area contributed by atoms with Crippen molar-refractivity contribution < 1.29 is 41.9 Å². The van der Waals surface area contributed by atoms with Crippen LogP contribution in [0.2, 0.25) is 0 Å². The van der Waals surface area contributed by atoms with E-state index in [4.69, 9.17) is 29.5 Å². The number of methoxy groups -OCH3 is 1. The fourth-order valence-corrected chi connectivity index (χ4v) is 5.27. The zero-order valence-electron chi connectivity index (χ0n) is 20.1. The number of nitrogens with one attached hydrogen (secondary N) is 2. The van der Waals surface area contributed by atoms with Gasteiger partial charge < -0.3 is 19.5 Å². The number of aromatic nitrogens is 2. The minimum Gasteiger partial charge on any atom is -0.461 e. The van der Waals surface area contributed by atoms with E-state index >= 15 is 0 Å². The summed E-state index contributed by atoms with van der Waals surface area (Å²) in [5, 5.41) is 2.32. The molecule has 0 aliphatic carbocycles. The average molecular weight is 529 g/mol. The Morgan fingerprint density at radius 2 is 2.14 bits per heavy atom. The summed E-state index contributed by atoms with van der Waals surface area (Å²) < 4.78 is 46.2. The summed E-state index contributed by atoms with van der Waals surface area (Å²) in [6.45, 7) is 4.30. The van der Waals surface area contributed by atoms with Crippen LogP contribution in [-0.2, 0) is 37.1 Å². The molecule has 2 fully saturated rings. The summed E-state index contributed by atoms with van der Waals surface area (Å²) in [4.78, 5) is 49.8. The van der Waals surface area contributed by atoms with Gasteiger partial charge in [-0.05, 0) is 20.8 Å². The summed E-state index contributed by atoms with van der Waals surface area (Å²) in [6, 6.07) is -0.00996. The molecule has 0 aromatic carbocycles. The Balaban J connectivity index is 1.71. The molecule has 0 bridgehead atoms. The van der Waals surface area contributed by atoms with Crippen molar-refractivity contribution in [3.8, 4) is 12.3 Å². The summed E-state index contributed by atoms with van der Waals surface area (Å²) in [5.74, 6) is 1.81. The Bertz CT molecular complexity index is 1190. The number of hydrogen-bond acceptors (Lipinski definition) is 11. The van der Waals surface area contributed by atoms with Gasteiger partial charge in [-0.25, -0.2) is 18.9 Å². The molecule has 6 atom stereocenters. The van der Waals surface area contributed by atoms with Crippen LogP contribution in [0.1, 0.15) is 33.4 Å². The Morgan fingerprint density at radius 1 is 1.42 bits per heavy atom. The SMILES string of the molecule is C#C[C@]1(C)[C@@H]2O[P@@](=O)(OCC[C@H](NC(=O)OC)C(=O)OC(C)C)OC[C@H]2O[C@H]1n1ccc(=O)[nH]c1=O. The van der Waals surface area contributed by atoms with E-state index in [1.807, 2.05) is 0 Å². The first-order chi connectivity index (χ1) is 16.9. The molecule has 1 amide bonds. The van der Waals surface area contributed by atoms with E-state index < -0.39 is 67.1 Å². The molecule has 0 spiro atoms. The molecule has 1 aromatic heterocycles. The number of carbonyl (C=O) groups excluding carboxylic acids is 2. The van der Waals surface area contributed by atoms with Crippen molar-refractivity contribution in [3.63, 3.8) is 0 Å². The number of phosphoric acid groups is 1. The van der Waals surface area contributed by atoms with Crippen molar-refractivity contribution in [3.05, 3.63) is 33.1 Å². The highest BCUT2D eigenvalue weighted by atomic mass is 31.2. The molecule has 2 N–H and O–H groups in total. The van der Waals surface area contributed by atoms with E-state index in [-0.39, 0.29) is 19.6 Å². The van der Waals surface area contributed by atoms with Crippen molar-refractivity contribution >= 4 is 19.9 Å². The molecule has 1 aromatic rings. The van der Waals surface area contributed by atoms with Crippen LogP contribution < -0.4 is 16.6 Å². The highest BCUT2D eigenvalue weighted by molar-refractivity contribution is 7.48. The molecular formula is C21H28N3O11P. The number of hydrogen-bond donors (Lipinski definition) is 2. The normalized spacial score (nSPS) is 30.2. The summed E-state index contributed by atoms with van der Waals surface area (Å²) in [5.41, 5.74) is -2.64. The van der Waals surface area contributed by atoms with Crippen LogP contribution in [0.25, 0.3) is 0 Å². The fourth-order valence-electron chi connectivity index (χ4n) is 3.78. The van der Waals surface area contributed by atoms with Crippen LogP contribution >= 0.6 is 7.82 Å². The lowest BCUT2D eigenvalue weighted by Crippen LogP contribution is -2.44. The van der Waals surface area contributed by atoms with Gasteiger partial charge >= 0.3 is 25.6 Å². The number of aromatic amines is 1. The molecule has 2 aliphatic heterocycles. The topological polar surface area (TPSA) is 173 Å². The molecule has 0 unspecified atom stereocenters. The lowest BCUT2D eigenvalue weighted by molar-refractivity contribution is -0.150.